The van der Waals surface area contributed by atoms with Crippen LogP contribution in [0.15, 0.2) is 46.9 Å². The SMILES string of the molecule is C#CC1(O)c2ccccc2-c2ccc(Br)cc21. The number of hydrogen-bond donors (Lipinski definition) is 1. The highest BCUT2D eigenvalue weighted by molar-refractivity contribution is 9.10. The zero-order valence-electron chi connectivity index (χ0n) is 8.94. The van der Waals surface area contributed by atoms with Crippen molar-refractivity contribution < 1.29 is 5.11 Å². The van der Waals surface area contributed by atoms with Crippen molar-refractivity contribution in [1.29, 1.82) is 0 Å². The average Bonchev–Trinajstić information content (AvgIpc) is 2.61. The van der Waals surface area contributed by atoms with E-state index >= 15 is 0 Å². The molecule has 2 aromatic rings. The number of terminal acetylenes is 1. The van der Waals surface area contributed by atoms with Gasteiger partial charge in [0.2, 0.25) is 0 Å². The maximum absolute atomic E-state index is 10.7. The quantitative estimate of drug-likeness (QED) is 0.736. The molecule has 0 heterocycles. The maximum atomic E-state index is 10.7. The third-order valence-corrected chi connectivity index (χ3v) is 3.68. The first-order valence-electron chi connectivity index (χ1n) is 5.27. The van der Waals surface area contributed by atoms with Crippen LogP contribution in [0.3, 0.4) is 0 Å². The number of halogens is 1. The van der Waals surface area contributed by atoms with Gasteiger partial charge in [0.25, 0.3) is 0 Å². The van der Waals surface area contributed by atoms with Crippen LogP contribution in [-0.4, -0.2) is 5.11 Å². The summed E-state index contributed by atoms with van der Waals surface area (Å²) in [4.78, 5) is 0. The predicted molar refractivity (Wildman–Crippen MR) is 71.4 cm³/mol. The van der Waals surface area contributed by atoms with Crippen molar-refractivity contribution in [3.8, 4) is 23.5 Å². The lowest BCUT2D eigenvalue weighted by atomic mass is 9.93. The Morgan fingerprint density at radius 1 is 1.06 bits per heavy atom. The van der Waals surface area contributed by atoms with Gasteiger partial charge >= 0.3 is 0 Å². The fraction of sp³-hybridized carbons (Fsp3) is 0.0667. The van der Waals surface area contributed by atoms with Crippen molar-refractivity contribution in [2.45, 2.75) is 5.60 Å². The summed E-state index contributed by atoms with van der Waals surface area (Å²) in [5, 5.41) is 10.7. The summed E-state index contributed by atoms with van der Waals surface area (Å²) in [5.74, 6) is 2.51. The zero-order chi connectivity index (χ0) is 12.0. The number of fused-ring (bicyclic) bond motifs is 3. The average molecular weight is 285 g/mol. The lowest BCUT2D eigenvalue weighted by Crippen LogP contribution is -2.21. The molecule has 0 amide bonds. The molecule has 0 aromatic heterocycles. The topological polar surface area (TPSA) is 20.2 Å². The van der Waals surface area contributed by atoms with Gasteiger partial charge in [-0.2, -0.15) is 0 Å². The van der Waals surface area contributed by atoms with Gasteiger partial charge in [0.1, 0.15) is 0 Å². The van der Waals surface area contributed by atoms with E-state index in [2.05, 4.69) is 21.9 Å². The predicted octanol–water partition coefficient (Wildman–Crippen LogP) is 3.30. The molecule has 1 unspecified atom stereocenters. The Morgan fingerprint density at radius 2 is 1.76 bits per heavy atom. The smallest absolute Gasteiger partial charge is 0.177 e. The molecule has 1 nitrogen and oxygen atoms in total. The zero-order valence-corrected chi connectivity index (χ0v) is 10.5. The Morgan fingerprint density at radius 3 is 2.53 bits per heavy atom. The molecule has 1 aliphatic carbocycles. The number of benzene rings is 2. The van der Waals surface area contributed by atoms with Crippen molar-refractivity contribution in [1.82, 2.24) is 0 Å². The second-order valence-corrected chi connectivity index (χ2v) is 5.01. The number of aliphatic hydroxyl groups is 1. The van der Waals surface area contributed by atoms with Gasteiger partial charge in [0, 0.05) is 15.6 Å². The Labute approximate surface area is 108 Å². The standard InChI is InChI=1S/C15H9BrO/c1-2-15(17)13-6-4-3-5-11(13)12-8-7-10(16)9-14(12)15/h1,3-9,17H. The molecule has 3 rings (SSSR count). The van der Waals surface area contributed by atoms with Crippen molar-refractivity contribution in [2.24, 2.45) is 0 Å². The lowest BCUT2D eigenvalue weighted by molar-refractivity contribution is 0.150. The Bertz CT molecular complexity index is 654. The van der Waals surface area contributed by atoms with E-state index in [0.29, 0.717) is 0 Å². The summed E-state index contributed by atoms with van der Waals surface area (Å²) in [6.45, 7) is 0. The van der Waals surface area contributed by atoms with Gasteiger partial charge < -0.3 is 5.11 Å². The summed E-state index contributed by atoms with van der Waals surface area (Å²) >= 11 is 3.41. The van der Waals surface area contributed by atoms with E-state index in [1.54, 1.807) is 0 Å². The van der Waals surface area contributed by atoms with E-state index in [0.717, 1.165) is 26.7 Å². The van der Waals surface area contributed by atoms with Gasteiger partial charge in [-0.15, -0.1) is 6.42 Å². The van der Waals surface area contributed by atoms with Gasteiger partial charge in [0.05, 0.1) is 0 Å². The number of hydrogen-bond acceptors (Lipinski definition) is 1. The van der Waals surface area contributed by atoms with E-state index in [-0.39, 0.29) is 0 Å². The minimum atomic E-state index is -1.31. The first-order valence-corrected chi connectivity index (χ1v) is 6.06. The van der Waals surface area contributed by atoms with Crippen LogP contribution in [0.4, 0.5) is 0 Å². The largest absolute Gasteiger partial charge is 0.369 e. The molecule has 17 heavy (non-hydrogen) atoms. The molecule has 0 saturated heterocycles. The normalized spacial score (nSPS) is 20.5. The third kappa shape index (κ3) is 1.30. The molecular formula is C15H9BrO. The van der Waals surface area contributed by atoms with Gasteiger partial charge in [-0.3, -0.25) is 0 Å². The van der Waals surface area contributed by atoms with Crippen LogP contribution in [-0.2, 0) is 5.60 Å². The van der Waals surface area contributed by atoms with E-state index < -0.39 is 5.60 Å². The van der Waals surface area contributed by atoms with Crippen molar-refractivity contribution in [3.63, 3.8) is 0 Å². The molecule has 1 N–H and O–H groups in total. The first-order chi connectivity index (χ1) is 8.16. The highest BCUT2D eigenvalue weighted by Gasteiger charge is 2.39. The molecule has 0 saturated carbocycles. The molecule has 0 radical (unpaired) electrons. The lowest BCUT2D eigenvalue weighted by Gasteiger charge is -2.18. The molecule has 0 spiro atoms. The van der Waals surface area contributed by atoms with Crippen LogP contribution in [0.5, 0.6) is 0 Å². The van der Waals surface area contributed by atoms with Gasteiger partial charge in [-0.1, -0.05) is 52.2 Å². The first kappa shape index (κ1) is 10.6. The van der Waals surface area contributed by atoms with Gasteiger partial charge in [-0.25, -0.2) is 0 Å². The number of rotatable bonds is 0. The molecular weight excluding hydrogens is 276 g/mol. The van der Waals surface area contributed by atoms with Crippen LogP contribution in [0.25, 0.3) is 11.1 Å². The highest BCUT2D eigenvalue weighted by Crippen LogP contribution is 2.47. The molecule has 2 heteroatoms. The van der Waals surface area contributed by atoms with Crippen LogP contribution in [0, 0.1) is 12.3 Å². The summed E-state index contributed by atoms with van der Waals surface area (Å²) in [7, 11) is 0. The van der Waals surface area contributed by atoms with E-state index in [1.165, 1.54) is 0 Å². The molecule has 1 atom stereocenters. The molecule has 0 fully saturated rings. The Hall–Kier alpha value is -1.56. The fourth-order valence-corrected chi connectivity index (χ4v) is 2.75. The summed E-state index contributed by atoms with van der Waals surface area (Å²) < 4.78 is 0.915. The second-order valence-electron chi connectivity index (χ2n) is 4.09. The Kier molecular flexibility index (Phi) is 2.16. The van der Waals surface area contributed by atoms with Gasteiger partial charge in [0.15, 0.2) is 5.60 Å². The molecule has 1 aliphatic rings. The molecule has 0 bridgehead atoms. The van der Waals surface area contributed by atoms with Crippen molar-refractivity contribution in [2.75, 3.05) is 0 Å². The molecule has 82 valence electrons. The van der Waals surface area contributed by atoms with Gasteiger partial charge in [-0.05, 0) is 23.3 Å². The third-order valence-electron chi connectivity index (χ3n) is 3.19. The van der Waals surface area contributed by atoms with Crippen LogP contribution in [0.1, 0.15) is 11.1 Å². The van der Waals surface area contributed by atoms with E-state index in [9.17, 15) is 5.11 Å². The van der Waals surface area contributed by atoms with E-state index in [4.69, 9.17) is 6.42 Å². The monoisotopic (exact) mass is 284 g/mol. The van der Waals surface area contributed by atoms with Crippen LogP contribution < -0.4 is 0 Å². The minimum Gasteiger partial charge on any atom is -0.369 e. The van der Waals surface area contributed by atoms with Crippen molar-refractivity contribution in [3.05, 3.63) is 58.1 Å². The van der Waals surface area contributed by atoms with Crippen molar-refractivity contribution >= 4 is 15.9 Å². The molecule has 0 aliphatic heterocycles. The van der Waals surface area contributed by atoms with E-state index in [1.807, 2.05) is 42.5 Å². The van der Waals surface area contributed by atoms with Crippen LogP contribution in [0.2, 0.25) is 0 Å². The van der Waals surface area contributed by atoms with Crippen LogP contribution >= 0.6 is 15.9 Å². The fourth-order valence-electron chi connectivity index (χ4n) is 2.38. The summed E-state index contributed by atoms with van der Waals surface area (Å²) in [5.41, 5.74) is 2.27. The maximum Gasteiger partial charge on any atom is 0.177 e. The second kappa shape index (κ2) is 3.46. The summed E-state index contributed by atoms with van der Waals surface area (Å²) in [6, 6.07) is 13.5. The molecule has 2 aromatic carbocycles. The highest BCUT2D eigenvalue weighted by atomic mass is 79.9. The summed E-state index contributed by atoms with van der Waals surface area (Å²) in [6.07, 6.45) is 5.53. The minimum absolute atomic E-state index is 0.774. The Balaban J connectivity index is 2.43.